The average molecular weight is 233 g/mol. The Hall–Kier alpha value is -1.06. The lowest BCUT2D eigenvalue weighted by Crippen LogP contribution is -2.35. The Morgan fingerprint density at radius 2 is 2.00 bits per heavy atom. The van der Waals surface area contributed by atoms with E-state index in [0.29, 0.717) is 10.6 Å². The fourth-order valence-corrected chi connectivity index (χ4v) is 2.01. The van der Waals surface area contributed by atoms with Gasteiger partial charge in [0, 0.05) is 23.9 Å². The standard InChI is InChI=1S/C12H11NS2/c1-13-10(8-12(14)15)7-6-9-4-2-3-5-11(9)13/h2-7H,8H2,1H3. The third-order valence-electron chi connectivity index (χ3n) is 2.51. The number of benzene rings is 1. The first-order valence-corrected chi connectivity index (χ1v) is 5.56. The molecule has 0 aliphatic carbocycles. The Labute approximate surface area is 100 Å². The van der Waals surface area contributed by atoms with E-state index in [1.165, 1.54) is 10.9 Å². The molecule has 0 N–H and O–H groups in total. The van der Waals surface area contributed by atoms with Gasteiger partial charge in [0.1, 0.15) is 7.05 Å². The monoisotopic (exact) mass is 233 g/mol. The molecule has 0 aliphatic heterocycles. The average Bonchev–Trinajstić information content (AvgIpc) is 2.22. The molecule has 0 spiro atoms. The van der Waals surface area contributed by atoms with Crippen molar-refractivity contribution in [2.24, 2.45) is 7.05 Å². The van der Waals surface area contributed by atoms with E-state index in [4.69, 9.17) is 24.8 Å². The van der Waals surface area contributed by atoms with Crippen LogP contribution in [-0.2, 0) is 26.1 Å². The number of fused-ring (bicyclic) bond motifs is 1. The van der Waals surface area contributed by atoms with Crippen molar-refractivity contribution in [3.8, 4) is 0 Å². The van der Waals surface area contributed by atoms with E-state index in [9.17, 15) is 0 Å². The van der Waals surface area contributed by atoms with Crippen molar-refractivity contribution in [1.82, 2.24) is 0 Å². The summed E-state index contributed by atoms with van der Waals surface area (Å²) in [5, 5.41) is 1.24. The van der Waals surface area contributed by atoms with Crippen LogP contribution in [0.3, 0.4) is 0 Å². The van der Waals surface area contributed by atoms with Crippen molar-refractivity contribution < 1.29 is 4.57 Å². The summed E-state index contributed by atoms with van der Waals surface area (Å²) in [5.41, 5.74) is 2.37. The molecule has 2 rings (SSSR count). The van der Waals surface area contributed by atoms with Crippen molar-refractivity contribution in [3.63, 3.8) is 0 Å². The second-order valence-electron chi connectivity index (χ2n) is 3.49. The van der Waals surface area contributed by atoms with Crippen LogP contribution in [0.25, 0.3) is 10.9 Å². The van der Waals surface area contributed by atoms with E-state index in [-0.39, 0.29) is 0 Å². The molecule has 15 heavy (non-hydrogen) atoms. The van der Waals surface area contributed by atoms with Crippen LogP contribution in [0.15, 0.2) is 36.4 Å². The highest BCUT2D eigenvalue weighted by Crippen LogP contribution is 2.10. The van der Waals surface area contributed by atoms with Crippen molar-refractivity contribution in [1.29, 1.82) is 0 Å². The van der Waals surface area contributed by atoms with E-state index in [0.717, 1.165) is 5.69 Å². The Morgan fingerprint density at radius 3 is 2.73 bits per heavy atom. The fourth-order valence-electron chi connectivity index (χ4n) is 1.71. The van der Waals surface area contributed by atoms with Crippen molar-refractivity contribution in [2.75, 3.05) is 0 Å². The van der Waals surface area contributed by atoms with E-state index in [1.807, 2.05) is 19.2 Å². The number of nitrogens with zero attached hydrogens (tertiary/aromatic N) is 1. The number of pyridine rings is 1. The smallest absolute Gasteiger partial charge is 0.212 e. The van der Waals surface area contributed by atoms with Crippen LogP contribution in [0.4, 0.5) is 0 Å². The Kier molecular flexibility index (Phi) is 2.93. The quantitative estimate of drug-likeness (QED) is 0.444. The Bertz CT molecular complexity index is 520. The first kappa shape index (κ1) is 10.5. The first-order valence-electron chi connectivity index (χ1n) is 4.75. The van der Waals surface area contributed by atoms with E-state index in [1.54, 1.807) is 0 Å². The molecule has 76 valence electrons. The maximum absolute atomic E-state index is 4.96. The van der Waals surface area contributed by atoms with Crippen molar-refractivity contribution in [2.45, 2.75) is 6.42 Å². The second kappa shape index (κ2) is 4.21. The van der Waals surface area contributed by atoms with Crippen molar-refractivity contribution >= 4 is 39.9 Å². The van der Waals surface area contributed by atoms with Crippen LogP contribution >= 0.6 is 12.2 Å². The third-order valence-corrected chi connectivity index (χ3v) is 2.80. The van der Waals surface area contributed by atoms with Gasteiger partial charge in [0.25, 0.3) is 0 Å². The van der Waals surface area contributed by atoms with E-state index >= 15 is 0 Å². The SMILES string of the molecule is C[n+]1c(CC(=S)[S-])ccc2ccccc21. The number of para-hydroxylation sites is 1. The lowest BCUT2D eigenvalue weighted by atomic mass is 10.1. The summed E-state index contributed by atoms with van der Waals surface area (Å²) in [6, 6.07) is 12.5. The fraction of sp³-hybridized carbons (Fsp3) is 0.167. The van der Waals surface area contributed by atoms with Gasteiger partial charge in [0.2, 0.25) is 5.52 Å². The summed E-state index contributed by atoms with van der Waals surface area (Å²) < 4.78 is 2.76. The van der Waals surface area contributed by atoms with E-state index < -0.39 is 0 Å². The largest absolute Gasteiger partial charge is 0.432 e. The highest BCUT2D eigenvalue weighted by atomic mass is 32.1. The molecule has 3 heteroatoms. The normalized spacial score (nSPS) is 10.5. The molecule has 0 bridgehead atoms. The van der Waals surface area contributed by atoms with Gasteiger partial charge >= 0.3 is 0 Å². The Morgan fingerprint density at radius 1 is 1.27 bits per heavy atom. The highest BCUT2D eigenvalue weighted by molar-refractivity contribution is 8.00. The lowest BCUT2D eigenvalue weighted by molar-refractivity contribution is -0.652. The number of rotatable bonds is 2. The molecular formula is C12H11NS2. The lowest BCUT2D eigenvalue weighted by Gasteiger charge is -2.05. The number of hydrogen-bond donors (Lipinski definition) is 0. The number of hydrogen-bond acceptors (Lipinski definition) is 2. The molecule has 0 amide bonds. The molecule has 1 heterocycles. The summed E-state index contributed by atoms with van der Waals surface area (Å²) >= 11 is 9.92. The van der Waals surface area contributed by atoms with Gasteiger partial charge < -0.3 is 24.8 Å². The zero-order valence-corrected chi connectivity index (χ0v) is 10.1. The molecule has 1 aromatic heterocycles. The van der Waals surface area contributed by atoms with Gasteiger partial charge in [-0.25, -0.2) is 0 Å². The molecule has 0 saturated heterocycles. The molecule has 0 aliphatic rings. The summed E-state index contributed by atoms with van der Waals surface area (Å²) in [6.45, 7) is 0. The van der Waals surface area contributed by atoms with E-state index in [2.05, 4.69) is 28.8 Å². The van der Waals surface area contributed by atoms with Gasteiger partial charge in [-0.15, -0.1) is 4.20 Å². The molecule has 1 nitrogen and oxygen atoms in total. The summed E-state index contributed by atoms with van der Waals surface area (Å²) in [5.74, 6) is 0. The van der Waals surface area contributed by atoms with Crippen LogP contribution < -0.4 is 4.57 Å². The van der Waals surface area contributed by atoms with Gasteiger partial charge in [-0.05, 0) is 12.1 Å². The second-order valence-corrected chi connectivity index (χ2v) is 4.74. The van der Waals surface area contributed by atoms with Gasteiger partial charge in [-0.3, -0.25) is 0 Å². The van der Waals surface area contributed by atoms with Gasteiger partial charge in [-0.2, -0.15) is 4.57 Å². The molecule has 0 saturated carbocycles. The highest BCUT2D eigenvalue weighted by Gasteiger charge is 2.09. The topological polar surface area (TPSA) is 3.88 Å². The van der Waals surface area contributed by atoms with Gasteiger partial charge in [0.05, 0.1) is 0 Å². The molecule has 0 fully saturated rings. The maximum atomic E-state index is 4.96. The molecule has 0 unspecified atom stereocenters. The van der Waals surface area contributed by atoms with Crippen molar-refractivity contribution in [3.05, 3.63) is 42.1 Å². The van der Waals surface area contributed by atoms with Gasteiger partial charge in [-0.1, -0.05) is 12.1 Å². The summed E-state index contributed by atoms with van der Waals surface area (Å²) in [6.07, 6.45) is 0.687. The zero-order chi connectivity index (χ0) is 10.8. The van der Waals surface area contributed by atoms with Crippen LogP contribution in [0, 0.1) is 0 Å². The van der Waals surface area contributed by atoms with Gasteiger partial charge in [0.15, 0.2) is 5.69 Å². The van der Waals surface area contributed by atoms with Crippen LogP contribution in [-0.4, -0.2) is 4.20 Å². The minimum atomic E-state index is 0.612. The zero-order valence-electron chi connectivity index (χ0n) is 8.43. The number of thiocarbonyl (C=S) groups is 1. The molecule has 0 radical (unpaired) electrons. The van der Waals surface area contributed by atoms with Crippen LogP contribution in [0.1, 0.15) is 5.69 Å². The predicted molar refractivity (Wildman–Crippen MR) is 68.8 cm³/mol. The molecular weight excluding hydrogens is 222 g/mol. The predicted octanol–water partition coefficient (Wildman–Crippen LogP) is 2.08. The molecule has 1 aromatic carbocycles. The number of aryl methyl sites for hydroxylation is 1. The first-order chi connectivity index (χ1) is 7.18. The maximum Gasteiger partial charge on any atom is 0.212 e. The summed E-state index contributed by atoms with van der Waals surface area (Å²) in [7, 11) is 2.05. The minimum absolute atomic E-state index is 0.612. The molecule has 2 aromatic rings. The Balaban J connectivity index is 2.59. The van der Waals surface area contributed by atoms with Crippen LogP contribution in [0.5, 0.6) is 0 Å². The van der Waals surface area contributed by atoms with Crippen LogP contribution in [0.2, 0.25) is 0 Å². The third kappa shape index (κ3) is 2.13. The molecule has 0 atom stereocenters. The summed E-state index contributed by atoms with van der Waals surface area (Å²) in [4.78, 5) is 0. The minimum Gasteiger partial charge on any atom is -0.432 e. The number of aromatic nitrogens is 1.